The number of hydrogen-bond donors (Lipinski definition) is 1. The second-order valence-electron chi connectivity index (χ2n) is 4.85. The maximum atomic E-state index is 13.5. The third kappa shape index (κ3) is 3.70. The Bertz CT molecular complexity index is 623. The van der Waals surface area contributed by atoms with Gasteiger partial charge in [0.1, 0.15) is 5.82 Å². The smallest absolute Gasteiger partial charge is 0.309 e. The Labute approximate surface area is 123 Å². The molecule has 0 amide bonds. The van der Waals surface area contributed by atoms with Gasteiger partial charge >= 0.3 is 5.97 Å². The first-order valence-electron chi connectivity index (χ1n) is 6.21. The molecule has 0 saturated carbocycles. The minimum atomic E-state index is -3.86. The number of nitrogens with two attached hydrogens (primary N) is 1. The zero-order valence-corrected chi connectivity index (χ0v) is 13.2. The van der Waals surface area contributed by atoms with Gasteiger partial charge in [-0.3, -0.25) is 4.79 Å². The van der Waals surface area contributed by atoms with E-state index in [4.69, 9.17) is 5.73 Å². The lowest BCUT2D eigenvalue weighted by Gasteiger charge is -2.20. The number of anilines is 1. The average molecular weight is 318 g/mol. The van der Waals surface area contributed by atoms with Crippen LogP contribution in [0.3, 0.4) is 0 Å². The quantitative estimate of drug-likeness (QED) is 0.649. The predicted molar refractivity (Wildman–Crippen MR) is 76.5 cm³/mol. The molecule has 2 N–H and O–H groups in total. The maximum absolute atomic E-state index is 13.5. The third-order valence-electron chi connectivity index (χ3n) is 3.10. The summed E-state index contributed by atoms with van der Waals surface area (Å²) in [4.78, 5) is 11.2. The minimum Gasteiger partial charge on any atom is -0.469 e. The topological polar surface area (TPSA) is 89.7 Å². The van der Waals surface area contributed by atoms with Crippen LogP contribution in [0.15, 0.2) is 17.0 Å². The summed E-state index contributed by atoms with van der Waals surface area (Å²) in [7, 11) is -1.29. The van der Waals surface area contributed by atoms with Crippen LogP contribution < -0.4 is 5.73 Å². The van der Waals surface area contributed by atoms with Crippen molar-refractivity contribution in [2.75, 3.05) is 26.4 Å². The molecule has 0 spiro atoms. The number of nitrogens with zero attached hydrogens (tertiary/aromatic N) is 1. The van der Waals surface area contributed by atoms with E-state index < -0.39 is 27.7 Å². The van der Waals surface area contributed by atoms with Gasteiger partial charge in [-0.05, 0) is 24.6 Å². The van der Waals surface area contributed by atoms with Gasteiger partial charge in [-0.2, -0.15) is 0 Å². The van der Waals surface area contributed by atoms with E-state index in [1.54, 1.807) is 6.92 Å². The molecule has 1 aromatic rings. The fraction of sp³-hybridized carbons (Fsp3) is 0.462. The molecule has 0 heterocycles. The molecule has 0 fully saturated rings. The molecular weight excluding hydrogens is 299 g/mol. The Morgan fingerprint density at radius 2 is 2.05 bits per heavy atom. The first kappa shape index (κ1) is 17.4. The summed E-state index contributed by atoms with van der Waals surface area (Å²) >= 11 is 0. The van der Waals surface area contributed by atoms with Crippen LogP contribution in [0.1, 0.15) is 12.5 Å². The van der Waals surface area contributed by atoms with Crippen molar-refractivity contribution < 1.29 is 22.3 Å². The molecule has 8 heteroatoms. The number of aryl methyl sites for hydroxylation is 1. The molecule has 118 valence electrons. The van der Waals surface area contributed by atoms with Crippen LogP contribution in [0.25, 0.3) is 0 Å². The number of ether oxygens (including phenoxy) is 1. The van der Waals surface area contributed by atoms with Gasteiger partial charge in [0.05, 0.1) is 23.6 Å². The number of methoxy groups -OCH3 is 1. The van der Waals surface area contributed by atoms with Crippen LogP contribution in [-0.2, 0) is 19.6 Å². The Morgan fingerprint density at radius 3 is 2.52 bits per heavy atom. The lowest BCUT2D eigenvalue weighted by Crippen LogP contribution is -2.34. The zero-order valence-electron chi connectivity index (χ0n) is 12.4. The molecule has 0 aromatic heterocycles. The van der Waals surface area contributed by atoms with Crippen LogP contribution in [0, 0.1) is 18.7 Å². The van der Waals surface area contributed by atoms with Crippen molar-refractivity contribution in [1.82, 2.24) is 4.31 Å². The van der Waals surface area contributed by atoms with E-state index in [0.29, 0.717) is 0 Å². The summed E-state index contributed by atoms with van der Waals surface area (Å²) in [5.74, 6) is -1.76. The molecule has 0 aliphatic rings. The Hall–Kier alpha value is -1.67. The number of sulfonamides is 1. The van der Waals surface area contributed by atoms with Gasteiger partial charge in [0.15, 0.2) is 0 Å². The van der Waals surface area contributed by atoms with E-state index in [-0.39, 0.29) is 22.7 Å². The van der Waals surface area contributed by atoms with E-state index >= 15 is 0 Å². The summed E-state index contributed by atoms with van der Waals surface area (Å²) < 4.78 is 43.8. The predicted octanol–water partition coefficient (Wildman–Crippen LogP) is 1.15. The van der Waals surface area contributed by atoms with Crippen LogP contribution in [0.4, 0.5) is 10.1 Å². The van der Waals surface area contributed by atoms with Gasteiger partial charge in [-0.15, -0.1) is 0 Å². The van der Waals surface area contributed by atoms with E-state index in [1.807, 2.05) is 0 Å². The van der Waals surface area contributed by atoms with Crippen LogP contribution in [-0.4, -0.2) is 39.4 Å². The molecule has 1 atom stereocenters. The number of nitrogen functional groups attached to an aromatic ring is 1. The van der Waals surface area contributed by atoms with Gasteiger partial charge in [0, 0.05) is 13.6 Å². The molecule has 6 nitrogen and oxygen atoms in total. The van der Waals surface area contributed by atoms with Crippen LogP contribution in [0.5, 0.6) is 0 Å². The fourth-order valence-electron chi connectivity index (χ4n) is 1.85. The highest BCUT2D eigenvalue weighted by Gasteiger charge is 2.26. The third-order valence-corrected chi connectivity index (χ3v) is 4.90. The lowest BCUT2D eigenvalue weighted by atomic mass is 10.2. The van der Waals surface area contributed by atoms with Gasteiger partial charge in [-0.1, -0.05) is 6.92 Å². The highest BCUT2D eigenvalue weighted by atomic mass is 32.2. The molecule has 0 aliphatic heterocycles. The number of benzene rings is 1. The largest absolute Gasteiger partial charge is 0.469 e. The van der Waals surface area contributed by atoms with E-state index in [9.17, 15) is 17.6 Å². The van der Waals surface area contributed by atoms with Crippen molar-refractivity contribution in [3.05, 3.63) is 23.5 Å². The van der Waals surface area contributed by atoms with Gasteiger partial charge < -0.3 is 10.5 Å². The minimum absolute atomic E-state index is 0.0503. The molecule has 0 radical (unpaired) electrons. The standard InChI is InChI=1S/C13H19FN2O4S/c1-8-5-10(6-11(15)12(8)14)21(18,19)16(3)7-9(2)13(17)20-4/h5-6,9H,7,15H2,1-4H3. The summed E-state index contributed by atoms with van der Waals surface area (Å²) in [6, 6.07) is 2.28. The zero-order chi connectivity index (χ0) is 16.4. The molecule has 21 heavy (non-hydrogen) atoms. The Morgan fingerprint density at radius 1 is 1.48 bits per heavy atom. The molecule has 0 saturated heterocycles. The van der Waals surface area contributed by atoms with Crippen molar-refractivity contribution in [2.45, 2.75) is 18.7 Å². The molecule has 1 unspecified atom stereocenters. The second-order valence-corrected chi connectivity index (χ2v) is 6.90. The highest BCUT2D eigenvalue weighted by molar-refractivity contribution is 7.89. The average Bonchev–Trinajstić information content (AvgIpc) is 2.42. The highest BCUT2D eigenvalue weighted by Crippen LogP contribution is 2.23. The second kappa shape index (κ2) is 6.40. The van der Waals surface area contributed by atoms with E-state index in [1.165, 1.54) is 27.1 Å². The van der Waals surface area contributed by atoms with Crippen molar-refractivity contribution in [1.29, 1.82) is 0 Å². The van der Waals surface area contributed by atoms with Crippen molar-refractivity contribution >= 4 is 21.7 Å². The first-order chi connectivity index (χ1) is 9.61. The molecule has 0 aliphatic carbocycles. The molecule has 1 aromatic carbocycles. The fourth-order valence-corrected chi connectivity index (χ4v) is 3.23. The lowest BCUT2D eigenvalue weighted by molar-refractivity contribution is -0.144. The van der Waals surface area contributed by atoms with Gasteiger partial charge in [0.2, 0.25) is 10.0 Å². The monoisotopic (exact) mass is 318 g/mol. The van der Waals surface area contributed by atoms with E-state index in [0.717, 1.165) is 10.4 Å². The number of rotatable bonds is 5. The number of carbonyl (C=O) groups is 1. The number of esters is 1. The van der Waals surface area contributed by atoms with Gasteiger partial charge in [0.25, 0.3) is 0 Å². The molecule has 0 bridgehead atoms. The van der Waals surface area contributed by atoms with Gasteiger partial charge in [-0.25, -0.2) is 17.1 Å². The normalized spacial score (nSPS) is 13.2. The number of carbonyl (C=O) groups excluding carboxylic acids is 1. The maximum Gasteiger partial charge on any atom is 0.309 e. The van der Waals surface area contributed by atoms with Crippen molar-refractivity contribution in [3.63, 3.8) is 0 Å². The van der Waals surface area contributed by atoms with Crippen molar-refractivity contribution in [3.8, 4) is 0 Å². The summed E-state index contributed by atoms with van der Waals surface area (Å²) in [5.41, 5.74) is 5.37. The summed E-state index contributed by atoms with van der Waals surface area (Å²) in [6.45, 7) is 2.94. The van der Waals surface area contributed by atoms with Crippen LogP contribution >= 0.6 is 0 Å². The first-order valence-corrected chi connectivity index (χ1v) is 7.65. The summed E-state index contributed by atoms with van der Waals surface area (Å²) in [6.07, 6.45) is 0. The summed E-state index contributed by atoms with van der Waals surface area (Å²) in [5, 5.41) is 0. The Kier molecular flexibility index (Phi) is 5.30. The molecule has 1 rings (SSSR count). The number of halogens is 1. The SMILES string of the molecule is COC(=O)C(C)CN(C)S(=O)(=O)c1cc(C)c(F)c(N)c1. The molecular formula is C13H19FN2O4S. The van der Waals surface area contributed by atoms with Crippen molar-refractivity contribution in [2.24, 2.45) is 5.92 Å². The number of hydrogen-bond acceptors (Lipinski definition) is 5. The van der Waals surface area contributed by atoms with Crippen LogP contribution in [0.2, 0.25) is 0 Å². The van der Waals surface area contributed by atoms with E-state index in [2.05, 4.69) is 4.74 Å². The Balaban J connectivity index is 3.08.